The Morgan fingerprint density at radius 3 is 3.00 bits per heavy atom. The Morgan fingerprint density at radius 2 is 2.20 bits per heavy atom. The summed E-state index contributed by atoms with van der Waals surface area (Å²) in [5.41, 5.74) is 0. The second-order valence-electron chi connectivity index (χ2n) is 5.23. The molecule has 0 amide bonds. The highest BCUT2D eigenvalue weighted by Gasteiger charge is 2.52. The van der Waals surface area contributed by atoms with Crippen molar-refractivity contribution in [2.45, 2.75) is 44.2 Å². The van der Waals surface area contributed by atoms with Crippen LogP contribution in [0.5, 0.6) is 0 Å². The van der Waals surface area contributed by atoms with E-state index < -0.39 is 0 Å². The number of nitrogens with zero attached hydrogens (tertiary/aromatic N) is 1. The summed E-state index contributed by atoms with van der Waals surface area (Å²) in [6, 6.07) is 1.30. The van der Waals surface area contributed by atoms with Crippen LogP contribution in [0.4, 0.5) is 0 Å². The van der Waals surface area contributed by atoms with Gasteiger partial charge in [-0.2, -0.15) is 0 Å². The van der Waals surface area contributed by atoms with Crippen LogP contribution >= 0.6 is 0 Å². The molecule has 15 heavy (non-hydrogen) atoms. The summed E-state index contributed by atoms with van der Waals surface area (Å²) < 4.78 is 4.94. The molecule has 3 saturated heterocycles. The summed E-state index contributed by atoms with van der Waals surface area (Å²) in [6.45, 7) is 1.21. The van der Waals surface area contributed by atoms with Gasteiger partial charge in [-0.05, 0) is 44.6 Å². The van der Waals surface area contributed by atoms with E-state index in [9.17, 15) is 4.79 Å². The van der Waals surface area contributed by atoms with Crippen molar-refractivity contribution in [3.63, 3.8) is 0 Å². The number of esters is 1. The van der Waals surface area contributed by atoms with E-state index in [1.165, 1.54) is 39.3 Å². The highest BCUT2D eigenvalue weighted by molar-refractivity contribution is 5.73. The molecule has 0 spiro atoms. The molecule has 0 radical (unpaired) electrons. The number of hydrogen-bond acceptors (Lipinski definition) is 3. The number of ether oxygens (including phenoxy) is 1. The zero-order valence-corrected chi connectivity index (χ0v) is 9.32. The van der Waals surface area contributed by atoms with E-state index in [2.05, 4.69) is 4.90 Å². The third kappa shape index (κ3) is 1.32. The van der Waals surface area contributed by atoms with Crippen molar-refractivity contribution in [1.29, 1.82) is 0 Å². The van der Waals surface area contributed by atoms with Gasteiger partial charge < -0.3 is 4.74 Å². The van der Waals surface area contributed by atoms with Crippen molar-refractivity contribution in [2.24, 2.45) is 11.8 Å². The van der Waals surface area contributed by atoms with Gasteiger partial charge in [0.2, 0.25) is 0 Å². The van der Waals surface area contributed by atoms with Gasteiger partial charge in [0.1, 0.15) is 0 Å². The fourth-order valence-corrected chi connectivity index (χ4v) is 4.09. The zero-order valence-electron chi connectivity index (χ0n) is 9.32. The van der Waals surface area contributed by atoms with Crippen LogP contribution in [0.15, 0.2) is 0 Å². The number of methoxy groups -OCH3 is 1. The number of carbonyl (C=O) groups is 1. The van der Waals surface area contributed by atoms with E-state index in [4.69, 9.17) is 4.74 Å². The summed E-state index contributed by atoms with van der Waals surface area (Å²) in [5, 5.41) is 0. The van der Waals surface area contributed by atoms with Gasteiger partial charge in [-0.15, -0.1) is 0 Å². The molecule has 3 heteroatoms. The first-order valence-electron chi connectivity index (χ1n) is 6.15. The molecule has 84 valence electrons. The first-order chi connectivity index (χ1) is 7.31. The van der Waals surface area contributed by atoms with Crippen molar-refractivity contribution in [2.75, 3.05) is 13.7 Å². The fourth-order valence-electron chi connectivity index (χ4n) is 4.09. The average Bonchev–Trinajstić information content (AvgIpc) is 2.48. The van der Waals surface area contributed by atoms with Crippen LogP contribution in [0.1, 0.15) is 32.1 Å². The van der Waals surface area contributed by atoms with E-state index in [0.29, 0.717) is 6.04 Å². The normalized spacial score (nSPS) is 47.7. The number of rotatable bonds is 1. The van der Waals surface area contributed by atoms with Crippen LogP contribution < -0.4 is 0 Å². The molecular formula is C12H19NO2. The second-order valence-corrected chi connectivity index (χ2v) is 5.23. The minimum absolute atomic E-state index is 0.0252. The lowest BCUT2D eigenvalue weighted by atomic mass is 9.82. The summed E-state index contributed by atoms with van der Waals surface area (Å²) >= 11 is 0. The fraction of sp³-hybridized carbons (Fsp3) is 0.917. The topological polar surface area (TPSA) is 29.5 Å². The molecule has 0 aliphatic carbocycles. The first-order valence-corrected chi connectivity index (χ1v) is 6.15. The van der Waals surface area contributed by atoms with Gasteiger partial charge in [-0.25, -0.2) is 0 Å². The van der Waals surface area contributed by atoms with Gasteiger partial charge >= 0.3 is 5.97 Å². The summed E-state index contributed by atoms with van der Waals surface area (Å²) in [5.74, 6) is 0.964. The Labute approximate surface area is 90.8 Å². The maximum Gasteiger partial charge on any atom is 0.310 e. The highest BCUT2D eigenvalue weighted by Crippen LogP contribution is 2.47. The molecule has 4 bridgehead atoms. The third-order valence-corrected chi connectivity index (χ3v) is 4.63. The second kappa shape index (κ2) is 3.48. The highest BCUT2D eigenvalue weighted by atomic mass is 16.5. The molecule has 0 N–H and O–H groups in total. The third-order valence-electron chi connectivity index (χ3n) is 4.63. The minimum atomic E-state index is 0.0252. The van der Waals surface area contributed by atoms with Crippen LogP contribution in [-0.4, -0.2) is 36.6 Å². The Bertz CT molecular complexity index is 279. The Hall–Kier alpha value is -0.570. The smallest absolute Gasteiger partial charge is 0.310 e. The predicted molar refractivity (Wildman–Crippen MR) is 56.4 cm³/mol. The van der Waals surface area contributed by atoms with Gasteiger partial charge in [-0.1, -0.05) is 0 Å². The van der Waals surface area contributed by atoms with Crippen molar-refractivity contribution < 1.29 is 9.53 Å². The van der Waals surface area contributed by atoms with Gasteiger partial charge in [0.25, 0.3) is 0 Å². The van der Waals surface area contributed by atoms with E-state index in [1.807, 2.05) is 0 Å². The summed E-state index contributed by atoms with van der Waals surface area (Å²) in [7, 11) is 1.52. The first kappa shape index (κ1) is 9.64. The minimum Gasteiger partial charge on any atom is -0.469 e. The molecule has 3 aliphatic rings. The largest absolute Gasteiger partial charge is 0.469 e. The van der Waals surface area contributed by atoms with Crippen LogP contribution in [0.25, 0.3) is 0 Å². The van der Waals surface area contributed by atoms with Crippen molar-refractivity contribution in [3.05, 3.63) is 0 Å². The predicted octanol–water partition coefficient (Wildman–Crippen LogP) is 1.42. The molecular weight excluding hydrogens is 190 g/mol. The van der Waals surface area contributed by atoms with Gasteiger partial charge in [0.15, 0.2) is 0 Å². The van der Waals surface area contributed by atoms with Crippen LogP contribution in [-0.2, 0) is 9.53 Å². The molecule has 3 aliphatic heterocycles. The quantitative estimate of drug-likeness (QED) is 0.612. The molecule has 5 atom stereocenters. The number of hydrogen-bond donors (Lipinski definition) is 0. The van der Waals surface area contributed by atoms with Crippen LogP contribution in [0, 0.1) is 11.8 Å². The van der Waals surface area contributed by atoms with Crippen LogP contribution in [0.2, 0.25) is 0 Å². The monoisotopic (exact) mass is 209 g/mol. The van der Waals surface area contributed by atoms with Crippen molar-refractivity contribution in [1.82, 2.24) is 4.90 Å². The lowest BCUT2D eigenvalue weighted by Crippen LogP contribution is -2.51. The molecule has 1 unspecified atom stereocenters. The molecule has 3 heterocycles. The zero-order chi connectivity index (χ0) is 10.4. The SMILES string of the molecule is COC(=O)[C@@H]1CC[C@H]2C[C@@H]3CCCN2[C@@H]31. The van der Waals surface area contributed by atoms with E-state index in [-0.39, 0.29) is 11.9 Å². The van der Waals surface area contributed by atoms with Gasteiger partial charge in [0.05, 0.1) is 13.0 Å². The number of piperidine rings is 2. The molecule has 3 fully saturated rings. The molecule has 0 aromatic carbocycles. The van der Waals surface area contributed by atoms with Crippen molar-refractivity contribution in [3.8, 4) is 0 Å². The van der Waals surface area contributed by atoms with E-state index in [1.54, 1.807) is 0 Å². The molecule has 3 rings (SSSR count). The van der Waals surface area contributed by atoms with Gasteiger partial charge in [0, 0.05) is 12.1 Å². The summed E-state index contributed by atoms with van der Waals surface area (Å²) in [4.78, 5) is 14.3. The molecule has 0 aromatic heterocycles. The van der Waals surface area contributed by atoms with Crippen molar-refractivity contribution >= 4 is 5.97 Å². The maximum absolute atomic E-state index is 11.7. The summed E-state index contributed by atoms with van der Waals surface area (Å²) in [6.07, 6.45) is 6.23. The number of carbonyl (C=O) groups excluding carboxylic acids is 1. The lowest BCUT2D eigenvalue weighted by molar-refractivity contribution is -0.150. The molecule has 0 saturated carbocycles. The van der Waals surface area contributed by atoms with E-state index >= 15 is 0 Å². The molecule has 3 nitrogen and oxygen atoms in total. The Balaban J connectivity index is 1.85. The average molecular weight is 209 g/mol. The Morgan fingerprint density at radius 1 is 1.33 bits per heavy atom. The Kier molecular flexibility index (Phi) is 2.23. The van der Waals surface area contributed by atoms with Gasteiger partial charge in [-0.3, -0.25) is 9.69 Å². The standard InChI is InChI=1S/C12H19NO2/c1-15-12(14)10-5-4-9-7-8-3-2-6-13(9)11(8)10/h8-11H,2-7H2,1H3/t8-,9-,10+,11-/m0/s1. The lowest BCUT2D eigenvalue weighted by Gasteiger charge is -2.42. The van der Waals surface area contributed by atoms with E-state index in [0.717, 1.165) is 18.4 Å². The molecule has 0 aromatic rings. The van der Waals surface area contributed by atoms with Crippen LogP contribution in [0.3, 0.4) is 0 Å². The maximum atomic E-state index is 11.7.